The second-order valence-corrected chi connectivity index (χ2v) is 3.62. The summed E-state index contributed by atoms with van der Waals surface area (Å²) in [6.45, 7) is 0.350. The monoisotopic (exact) mass is 246 g/mol. The van der Waals surface area contributed by atoms with Crippen molar-refractivity contribution in [3.05, 3.63) is 48.4 Å². The summed E-state index contributed by atoms with van der Waals surface area (Å²) < 4.78 is 10.2. The van der Waals surface area contributed by atoms with Crippen molar-refractivity contribution >= 4 is 11.7 Å². The molecule has 0 unspecified atom stereocenters. The second kappa shape index (κ2) is 5.77. The lowest BCUT2D eigenvalue weighted by Gasteiger charge is -2.07. The second-order valence-electron chi connectivity index (χ2n) is 3.62. The Morgan fingerprint density at radius 3 is 2.94 bits per heavy atom. The van der Waals surface area contributed by atoms with Gasteiger partial charge in [0.05, 0.1) is 19.9 Å². The van der Waals surface area contributed by atoms with Crippen LogP contribution in [0.5, 0.6) is 5.75 Å². The molecule has 0 fully saturated rings. The van der Waals surface area contributed by atoms with Crippen LogP contribution in [-0.4, -0.2) is 13.1 Å². The van der Waals surface area contributed by atoms with Gasteiger partial charge in [0.2, 0.25) is 0 Å². The van der Waals surface area contributed by atoms with Crippen LogP contribution in [0.1, 0.15) is 5.76 Å². The van der Waals surface area contributed by atoms with Crippen LogP contribution < -0.4 is 15.4 Å². The number of furan rings is 1. The SMILES string of the molecule is COc1cccc(NC(=O)NCc2ccco2)c1. The molecule has 2 N–H and O–H groups in total. The maximum Gasteiger partial charge on any atom is 0.319 e. The number of carbonyl (C=O) groups is 1. The summed E-state index contributed by atoms with van der Waals surface area (Å²) in [5, 5.41) is 5.39. The molecule has 0 aliphatic heterocycles. The van der Waals surface area contributed by atoms with E-state index in [1.54, 1.807) is 43.7 Å². The zero-order valence-corrected chi connectivity index (χ0v) is 9.97. The van der Waals surface area contributed by atoms with Crippen LogP contribution in [-0.2, 0) is 6.54 Å². The largest absolute Gasteiger partial charge is 0.497 e. The van der Waals surface area contributed by atoms with Gasteiger partial charge in [-0.2, -0.15) is 0 Å². The molecule has 1 heterocycles. The maximum atomic E-state index is 11.6. The van der Waals surface area contributed by atoms with Gasteiger partial charge in [-0.25, -0.2) is 4.79 Å². The van der Waals surface area contributed by atoms with Crippen molar-refractivity contribution in [3.63, 3.8) is 0 Å². The average molecular weight is 246 g/mol. The van der Waals surface area contributed by atoms with E-state index in [-0.39, 0.29) is 6.03 Å². The molecule has 0 saturated heterocycles. The first kappa shape index (κ1) is 12.0. The molecule has 2 amide bonds. The molecule has 2 aromatic rings. The number of carbonyl (C=O) groups excluding carboxylic acids is 1. The molecular formula is C13H14N2O3. The van der Waals surface area contributed by atoms with E-state index in [2.05, 4.69) is 10.6 Å². The molecule has 1 aromatic carbocycles. The molecule has 0 spiro atoms. The van der Waals surface area contributed by atoms with Crippen LogP contribution in [0.4, 0.5) is 10.5 Å². The predicted molar refractivity (Wildman–Crippen MR) is 67.6 cm³/mol. The van der Waals surface area contributed by atoms with Gasteiger partial charge >= 0.3 is 6.03 Å². The molecule has 1 aromatic heterocycles. The molecule has 18 heavy (non-hydrogen) atoms. The Bertz CT molecular complexity index is 509. The van der Waals surface area contributed by atoms with Crippen LogP contribution in [0.3, 0.4) is 0 Å². The highest BCUT2D eigenvalue weighted by Gasteiger charge is 2.03. The number of ether oxygens (including phenoxy) is 1. The van der Waals surface area contributed by atoms with Gasteiger partial charge in [-0.3, -0.25) is 0 Å². The number of hydrogen-bond acceptors (Lipinski definition) is 3. The maximum absolute atomic E-state index is 11.6. The molecule has 0 aliphatic rings. The normalized spacial score (nSPS) is 9.83. The Hall–Kier alpha value is -2.43. The van der Waals surface area contributed by atoms with Crippen LogP contribution in [0.25, 0.3) is 0 Å². The standard InChI is InChI=1S/C13H14N2O3/c1-17-11-5-2-4-10(8-11)15-13(16)14-9-12-6-3-7-18-12/h2-8H,9H2,1H3,(H2,14,15,16). The van der Waals surface area contributed by atoms with Crippen molar-refractivity contribution in [1.29, 1.82) is 0 Å². The lowest BCUT2D eigenvalue weighted by molar-refractivity contribution is 0.251. The average Bonchev–Trinajstić information content (AvgIpc) is 2.90. The lowest BCUT2D eigenvalue weighted by Crippen LogP contribution is -2.27. The van der Waals surface area contributed by atoms with Gasteiger partial charge in [0.15, 0.2) is 0 Å². The highest BCUT2D eigenvalue weighted by atomic mass is 16.5. The van der Waals surface area contributed by atoms with Crippen molar-refractivity contribution in [2.24, 2.45) is 0 Å². The van der Waals surface area contributed by atoms with E-state index in [9.17, 15) is 4.79 Å². The van der Waals surface area contributed by atoms with Crippen LogP contribution in [0.2, 0.25) is 0 Å². The van der Waals surface area contributed by atoms with Crippen molar-refractivity contribution in [3.8, 4) is 5.75 Å². The minimum atomic E-state index is -0.292. The topological polar surface area (TPSA) is 63.5 Å². The third-order valence-electron chi connectivity index (χ3n) is 2.33. The highest BCUT2D eigenvalue weighted by molar-refractivity contribution is 5.89. The van der Waals surface area contributed by atoms with Gasteiger partial charge in [-0.05, 0) is 24.3 Å². The predicted octanol–water partition coefficient (Wildman–Crippen LogP) is 2.61. The molecule has 2 rings (SSSR count). The number of rotatable bonds is 4. The van der Waals surface area contributed by atoms with Crippen molar-refractivity contribution in [2.75, 3.05) is 12.4 Å². The lowest BCUT2D eigenvalue weighted by atomic mass is 10.3. The number of benzene rings is 1. The van der Waals surface area contributed by atoms with Gasteiger partial charge in [0, 0.05) is 11.8 Å². The smallest absolute Gasteiger partial charge is 0.319 e. The molecule has 0 bridgehead atoms. The van der Waals surface area contributed by atoms with E-state index >= 15 is 0 Å². The summed E-state index contributed by atoms with van der Waals surface area (Å²) in [6.07, 6.45) is 1.57. The first-order chi connectivity index (χ1) is 8.78. The number of anilines is 1. The minimum Gasteiger partial charge on any atom is -0.497 e. The summed E-state index contributed by atoms with van der Waals surface area (Å²) in [5.74, 6) is 1.40. The molecule has 0 radical (unpaired) electrons. The van der Waals surface area contributed by atoms with Gasteiger partial charge < -0.3 is 19.8 Å². The molecule has 0 aliphatic carbocycles. The number of urea groups is 1. The molecule has 0 saturated carbocycles. The molecule has 0 atom stereocenters. The number of methoxy groups -OCH3 is 1. The fraction of sp³-hybridized carbons (Fsp3) is 0.154. The molecule has 5 nitrogen and oxygen atoms in total. The number of nitrogens with one attached hydrogen (secondary N) is 2. The Morgan fingerprint density at radius 2 is 2.22 bits per heavy atom. The fourth-order valence-corrected chi connectivity index (χ4v) is 1.46. The van der Waals surface area contributed by atoms with E-state index < -0.39 is 0 Å². The van der Waals surface area contributed by atoms with Crippen LogP contribution in [0, 0.1) is 0 Å². The number of amides is 2. The first-order valence-corrected chi connectivity index (χ1v) is 5.49. The highest BCUT2D eigenvalue weighted by Crippen LogP contribution is 2.16. The van der Waals surface area contributed by atoms with Crippen molar-refractivity contribution in [1.82, 2.24) is 5.32 Å². The molecule has 94 valence electrons. The Morgan fingerprint density at radius 1 is 1.33 bits per heavy atom. The number of hydrogen-bond donors (Lipinski definition) is 2. The van der Waals surface area contributed by atoms with Gasteiger partial charge in [0.25, 0.3) is 0 Å². The summed E-state index contributed by atoms with van der Waals surface area (Å²) >= 11 is 0. The summed E-state index contributed by atoms with van der Waals surface area (Å²) in [7, 11) is 1.58. The van der Waals surface area contributed by atoms with Gasteiger partial charge in [-0.1, -0.05) is 6.07 Å². The third kappa shape index (κ3) is 3.28. The summed E-state index contributed by atoms with van der Waals surface area (Å²) in [6, 6.07) is 10.4. The molecular weight excluding hydrogens is 232 g/mol. The van der Waals surface area contributed by atoms with Crippen LogP contribution >= 0.6 is 0 Å². The fourth-order valence-electron chi connectivity index (χ4n) is 1.46. The zero-order chi connectivity index (χ0) is 12.8. The van der Waals surface area contributed by atoms with E-state index in [4.69, 9.17) is 9.15 Å². The molecule has 5 heteroatoms. The quantitative estimate of drug-likeness (QED) is 0.871. The van der Waals surface area contributed by atoms with E-state index in [1.807, 2.05) is 6.07 Å². The van der Waals surface area contributed by atoms with Gasteiger partial charge in [0.1, 0.15) is 11.5 Å². The van der Waals surface area contributed by atoms with E-state index in [1.165, 1.54) is 0 Å². The zero-order valence-electron chi connectivity index (χ0n) is 9.97. The third-order valence-corrected chi connectivity index (χ3v) is 2.33. The Labute approximate surface area is 105 Å². The van der Waals surface area contributed by atoms with Crippen molar-refractivity contribution < 1.29 is 13.9 Å². The van der Waals surface area contributed by atoms with Crippen LogP contribution in [0.15, 0.2) is 47.1 Å². The first-order valence-electron chi connectivity index (χ1n) is 5.49. The summed E-state index contributed by atoms with van der Waals surface area (Å²) in [5.41, 5.74) is 0.672. The summed E-state index contributed by atoms with van der Waals surface area (Å²) in [4.78, 5) is 11.6. The van der Waals surface area contributed by atoms with Gasteiger partial charge in [-0.15, -0.1) is 0 Å². The van der Waals surface area contributed by atoms with E-state index in [0.717, 1.165) is 0 Å². The minimum absolute atomic E-state index is 0.292. The Balaban J connectivity index is 1.86. The van der Waals surface area contributed by atoms with Crippen molar-refractivity contribution in [2.45, 2.75) is 6.54 Å². The Kier molecular flexibility index (Phi) is 3.86. The van der Waals surface area contributed by atoms with E-state index in [0.29, 0.717) is 23.7 Å².